The molecule has 1 aliphatic heterocycles. The molecule has 0 amide bonds. The van der Waals surface area contributed by atoms with Crippen LogP contribution in [0.5, 0.6) is 0 Å². The Morgan fingerprint density at radius 2 is 2.14 bits per heavy atom. The fraction of sp³-hybridized carbons (Fsp3) is 0.533. The van der Waals surface area contributed by atoms with E-state index < -0.39 is 10.0 Å². The number of sulfonamides is 1. The lowest BCUT2D eigenvalue weighted by Gasteiger charge is -2.28. The summed E-state index contributed by atoms with van der Waals surface area (Å²) in [4.78, 5) is 0.0690. The Morgan fingerprint density at radius 3 is 2.81 bits per heavy atom. The second kappa shape index (κ2) is 6.46. The summed E-state index contributed by atoms with van der Waals surface area (Å²) >= 11 is 0. The van der Waals surface area contributed by atoms with Crippen molar-refractivity contribution in [3.8, 4) is 6.07 Å². The van der Waals surface area contributed by atoms with E-state index in [9.17, 15) is 13.7 Å². The molecule has 1 heterocycles. The first-order valence-electron chi connectivity index (χ1n) is 7.32. The number of nitrogens with two attached hydrogens (primary N) is 1. The highest BCUT2D eigenvalue weighted by atomic mass is 32.2. The minimum Gasteiger partial charge on any atom is -0.399 e. The summed E-state index contributed by atoms with van der Waals surface area (Å²) in [5.41, 5.74) is 6.16. The molecule has 1 saturated heterocycles. The Kier molecular flexibility index (Phi) is 4.86. The first kappa shape index (κ1) is 15.8. The average Bonchev–Trinajstić information content (AvgIpc) is 2.72. The highest BCUT2D eigenvalue weighted by Crippen LogP contribution is 2.28. The standard InChI is InChI=1S/C15H21N3O2S/c1-2-14-6-4-3-5-9-18(14)21(19,20)15-8-7-13(17)10-12(15)11-16/h7-8,10,14H,2-6,9,17H2,1H3. The quantitative estimate of drug-likeness (QED) is 0.869. The largest absolute Gasteiger partial charge is 0.399 e. The SMILES string of the molecule is CCC1CCCCCN1S(=O)(=O)c1ccc(N)cc1C#N. The normalized spacial score (nSPS) is 20.7. The molecule has 1 fully saturated rings. The maximum absolute atomic E-state index is 12.9. The molecule has 0 radical (unpaired) electrons. The van der Waals surface area contributed by atoms with Gasteiger partial charge in [-0.25, -0.2) is 8.42 Å². The van der Waals surface area contributed by atoms with Gasteiger partial charge in [-0.15, -0.1) is 0 Å². The van der Waals surface area contributed by atoms with Crippen molar-refractivity contribution in [2.45, 2.75) is 50.0 Å². The molecule has 0 aliphatic carbocycles. The second-order valence-electron chi connectivity index (χ2n) is 5.39. The topological polar surface area (TPSA) is 87.2 Å². The molecular weight excluding hydrogens is 286 g/mol. The third kappa shape index (κ3) is 3.20. The lowest BCUT2D eigenvalue weighted by molar-refractivity contribution is 0.315. The molecule has 5 nitrogen and oxygen atoms in total. The molecule has 1 aliphatic rings. The Hall–Kier alpha value is -1.58. The number of nitrogens with zero attached hydrogens (tertiary/aromatic N) is 2. The monoisotopic (exact) mass is 307 g/mol. The van der Waals surface area contributed by atoms with Gasteiger partial charge in [0.25, 0.3) is 0 Å². The Balaban J connectivity index is 2.47. The molecule has 0 aromatic heterocycles. The lowest BCUT2D eigenvalue weighted by atomic mass is 10.1. The van der Waals surface area contributed by atoms with Crippen molar-refractivity contribution in [2.24, 2.45) is 0 Å². The summed E-state index contributed by atoms with van der Waals surface area (Å²) in [5, 5.41) is 9.19. The van der Waals surface area contributed by atoms with Crippen LogP contribution in [-0.4, -0.2) is 25.3 Å². The summed E-state index contributed by atoms with van der Waals surface area (Å²) in [5.74, 6) is 0. The summed E-state index contributed by atoms with van der Waals surface area (Å²) in [7, 11) is -3.65. The molecule has 21 heavy (non-hydrogen) atoms. The van der Waals surface area contributed by atoms with Crippen LogP contribution >= 0.6 is 0 Å². The summed E-state index contributed by atoms with van der Waals surface area (Å²) in [6, 6.07) is 6.36. The third-order valence-electron chi connectivity index (χ3n) is 4.01. The summed E-state index contributed by atoms with van der Waals surface area (Å²) < 4.78 is 27.4. The van der Waals surface area contributed by atoms with Crippen molar-refractivity contribution in [3.05, 3.63) is 23.8 Å². The Bertz CT molecular complexity index is 649. The minimum absolute atomic E-state index is 0.0154. The van der Waals surface area contributed by atoms with E-state index in [0.29, 0.717) is 12.2 Å². The van der Waals surface area contributed by atoms with Crippen LogP contribution in [-0.2, 0) is 10.0 Å². The van der Waals surface area contributed by atoms with E-state index in [0.717, 1.165) is 32.1 Å². The van der Waals surface area contributed by atoms with E-state index in [-0.39, 0.29) is 16.5 Å². The first-order valence-corrected chi connectivity index (χ1v) is 8.76. The van der Waals surface area contributed by atoms with Crippen molar-refractivity contribution in [1.29, 1.82) is 5.26 Å². The number of rotatable bonds is 3. The highest BCUT2D eigenvalue weighted by Gasteiger charge is 2.33. The maximum atomic E-state index is 12.9. The van der Waals surface area contributed by atoms with Crippen LogP contribution in [0.2, 0.25) is 0 Å². The van der Waals surface area contributed by atoms with Gasteiger partial charge in [-0.05, 0) is 37.5 Å². The van der Waals surface area contributed by atoms with Crippen LogP contribution in [0.4, 0.5) is 5.69 Å². The molecule has 0 bridgehead atoms. The van der Waals surface area contributed by atoms with Crippen LogP contribution < -0.4 is 5.73 Å². The smallest absolute Gasteiger partial charge is 0.244 e. The number of benzene rings is 1. The summed E-state index contributed by atoms with van der Waals surface area (Å²) in [6.45, 7) is 2.53. The zero-order chi connectivity index (χ0) is 15.5. The molecule has 2 N–H and O–H groups in total. The van der Waals surface area contributed by atoms with Gasteiger partial charge in [0.05, 0.1) is 5.56 Å². The third-order valence-corrected chi connectivity index (χ3v) is 6.02. The molecule has 1 unspecified atom stereocenters. The van der Waals surface area contributed by atoms with Gasteiger partial charge >= 0.3 is 0 Å². The zero-order valence-corrected chi connectivity index (χ0v) is 13.1. The molecule has 2 rings (SSSR count). The number of hydrogen-bond donors (Lipinski definition) is 1. The number of nitriles is 1. The predicted molar refractivity (Wildman–Crippen MR) is 82.0 cm³/mol. The van der Waals surface area contributed by atoms with Gasteiger partial charge in [0, 0.05) is 18.3 Å². The van der Waals surface area contributed by atoms with E-state index in [1.807, 2.05) is 13.0 Å². The van der Waals surface area contributed by atoms with Crippen molar-refractivity contribution in [1.82, 2.24) is 4.31 Å². The van der Waals surface area contributed by atoms with E-state index >= 15 is 0 Å². The first-order chi connectivity index (χ1) is 10.0. The number of hydrogen-bond acceptors (Lipinski definition) is 4. The fourth-order valence-electron chi connectivity index (χ4n) is 2.86. The van der Waals surface area contributed by atoms with Gasteiger partial charge < -0.3 is 5.73 Å². The Labute approximate surface area is 126 Å². The maximum Gasteiger partial charge on any atom is 0.244 e. The second-order valence-corrected chi connectivity index (χ2v) is 7.25. The van der Waals surface area contributed by atoms with E-state index in [1.54, 1.807) is 4.31 Å². The van der Waals surface area contributed by atoms with Crippen LogP contribution in [0, 0.1) is 11.3 Å². The van der Waals surface area contributed by atoms with Crippen LogP contribution in [0.15, 0.2) is 23.1 Å². The molecule has 0 saturated carbocycles. The fourth-order valence-corrected chi connectivity index (χ4v) is 4.75. The highest BCUT2D eigenvalue weighted by molar-refractivity contribution is 7.89. The van der Waals surface area contributed by atoms with E-state index in [4.69, 9.17) is 5.73 Å². The zero-order valence-electron chi connectivity index (χ0n) is 12.2. The number of nitrogen functional groups attached to an aromatic ring is 1. The molecular formula is C15H21N3O2S. The van der Waals surface area contributed by atoms with Gasteiger partial charge in [-0.3, -0.25) is 0 Å². The van der Waals surface area contributed by atoms with E-state index in [1.165, 1.54) is 18.2 Å². The van der Waals surface area contributed by atoms with Gasteiger partial charge in [0.1, 0.15) is 11.0 Å². The summed E-state index contributed by atoms with van der Waals surface area (Å²) in [6.07, 6.45) is 4.64. The molecule has 1 atom stereocenters. The Morgan fingerprint density at radius 1 is 1.38 bits per heavy atom. The van der Waals surface area contributed by atoms with Crippen LogP contribution in [0.3, 0.4) is 0 Å². The number of anilines is 1. The average molecular weight is 307 g/mol. The molecule has 0 spiro atoms. The van der Waals surface area contributed by atoms with Crippen LogP contribution in [0.25, 0.3) is 0 Å². The van der Waals surface area contributed by atoms with Crippen molar-refractivity contribution in [3.63, 3.8) is 0 Å². The van der Waals surface area contributed by atoms with E-state index in [2.05, 4.69) is 0 Å². The molecule has 6 heteroatoms. The van der Waals surface area contributed by atoms with Gasteiger partial charge in [0.15, 0.2) is 0 Å². The lowest BCUT2D eigenvalue weighted by Crippen LogP contribution is -2.39. The predicted octanol–water partition coefficient (Wildman–Crippen LogP) is 2.48. The van der Waals surface area contributed by atoms with Gasteiger partial charge in [-0.2, -0.15) is 9.57 Å². The molecule has 1 aromatic carbocycles. The van der Waals surface area contributed by atoms with Gasteiger partial charge in [0.2, 0.25) is 10.0 Å². The molecule has 1 aromatic rings. The van der Waals surface area contributed by atoms with Crippen molar-refractivity contribution in [2.75, 3.05) is 12.3 Å². The minimum atomic E-state index is -3.65. The van der Waals surface area contributed by atoms with Crippen molar-refractivity contribution >= 4 is 15.7 Å². The molecule has 114 valence electrons. The van der Waals surface area contributed by atoms with Gasteiger partial charge in [-0.1, -0.05) is 19.8 Å². The van der Waals surface area contributed by atoms with Crippen molar-refractivity contribution < 1.29 is 8.42 Å². The van der Waals surface area contributed by atoms with Crippen LogP contribution in [0.1, 0.15) is 44.6 Å².